The zero-order valence-electron chi connectivity index (χ0n) is 14.4. The van der Waals surface area contributed by atoms with Crippen LogP contribution in [0.15, 0.2) is 59.7 Å². The third-order valence-corrected chi connectivity index (χ3v) is 4.23. The number of rotatable bonds is 4. The molecule has 2 aromatic carbocycles. The molecule has 2 aromatic rings. The van der Waals surface area contributed by atoms with E-state index < -0.39 is 30.8 Å². The Hall–Kier alpha value is -2.87. The molecule has 142 valence electrons. The minimum absolute atomic E-state index is 0.0281. The number of aliphatic hydroxyl groups is 1. The molecule has 27 heavy (non-hydrogen) atoms. The van der Waals surface area contributed by atoms with E-state index in [-0.39, 0.29) is 10.7 Å². The molecule has 0 bridgehead atoms. The Kier molecular flexibility index (Phi) is 4.93. The van der Waals surface area contributed by atoms with E-state index in [1.54, 1.807) is 61.5 Å². The highest BCUT2D eigenvalue weighted by Gasteiger charge is 2.63. The topological polar surface area (TPSA) is 62.1 Å². The molecule has 1 heterocycles. The fourth-order valence-corrected chi connectivity index (χ4v) is 2.74. The second-order valence-corrected chi connectivity index (χ2v) is 6.16. The van der Waals surface area contributed by atoms with Gasteiger partial charge in [-0.25, -0.2) is 0 Å². The molecule has 1 aliphatic rings. The van der Waals surface area contributed by atoms with Gasteiger partial charge in [0.15, 0.2) is 6.61 Å². The van der Waals surface area contributed by atoms with Crippen molar-refractivity contribution < 1.29 is 27.8 Å². The van der Waals surface area contributed by atoms with Crippen molar-refractivity contribution >= 4 is 11.6 Å². The van der Waals surface area contributed by atoms with Crippen LogP contribution in [0.5, 0.6) is 5.75 Å². The first kappa shape index (κ1) is 18.9. The lowest BCUT2D eigenvalue weighted by atomic mass is 10.0. The molecule has 0 radical (unpaired) electrons. The van der Waals surface area contributed by atoms with Crippen molar-refractivity contribution in [3.63, 3.8) is 0 Å². The summed E-state index contributed by atoms with van der Waals surface area (Å²) in [4.78, 5) is 12.4. The van der Waals surface area contributed by atoms with Gasteiger partial charge in [-0.15, -0.1) is 0 Å². The zero-order chi connectivity index (χ0) is 19.7. The van der Waals surface area contributed by atoms with E-state index in [1.165, 1.54) is 0 Å². The largest absolute Gasteiger partial charge is 0.483 e. The minimum Gasteiger partial charge on any atom is -0.483 e. The predicted octanol–water partition coefficient (Wildman–Crippen LogP) is 3.26. The maximum Gasteiger partial charge on any atom is 0.438 e. The third kappa shape index (κ3) is 3.66. The summed E-state index contributed by atoms with van der Waals surface area (Å²) in [5.74, 6) is -0.725. The van der Waals surface area contributed by atoms with Crippen LogP contribution in [0.1, 0.15) is 17.5 Å². The van der Waals surface area contributed by atoms with Gasteiger partial charge in [0, 0.05) is 0 Å². The lowest BCUT2D eigenvalue weighted by Gasteiger charge is -2.32. The number of carbonyl (C=O) groups is 1. The molecule has 0 saturated carbocycles. The molecule has 0 aromatic heterocycles. The van der Waals surface area contributed by atoms with Gasteiger partial charge >= 0.3 is 6.18 Å². The Morgan fingerprint density at radius 1 is 1.19 bits per heavy atom. The first-order valence-electron chi connectivity index (χ1n) is 8.16. The van der Waals surface area contributed by atoms with Crippen molar-refractivity contribution in [1.82, 2.24) is 5.01 Å². The maximum atomic E-state index is 13.5. The molecule has 1 aliphatic heterocycles. The molecule has 0 fully saturated rings. The van der Waals surface area contributed by atoms with Crippen LogP contribution in [0.2, 0.25) is 0 Å². The fraction of sp³-hybridized carbons (Fsp3) is 0.263. The Labute approximate surface area is 153 Å². The molecular weight excluding hydrogens is 361 g/mol. The van der Waals surface area contributed by atoms with E-state index in [9.17, 15) is 23.1 Å². The van der Waals surface area contributed by atoms with E-state index in [1.807, 2.05) is 0 Å². The normalized spacial score (nSPS) is 19.7. The number of benzene rings is 2. The number of hydrazone groups is 1. The summed E-state index contributed by atoms with van der Waals surface area (Å²) in [6.07, 6.45) is -5.93. The molecule has 0 spiro atoms. The van der Waals surface area contributed by atoms with Crippen LogP contribution >= 0.6 is 0 Å². The van der Waals surface area contributed by atoms with Gasteiger partial charge in [0.25, 0.3) is 11.6 Å². The second kappa shape index (κ2) is 7.03. The molecule has 1 atom stereocenters. The zero-order valence-corrected chi connectivity index (χ0v) is 14.4. The number of amides is 1. The number of carbonyl (C=O) groups excluding carboxylic acids is 1. The summed E-state index contributed by atoms with van der Waals surface area (Å²) in [5.41, 5.74) is -2.31. The molecule has 1 amide bonds. The second-order valence-electron chi connectivity index (χ2n) is 6.16. The van der Waals surface area contributed by atoms with Crippen LogP contribution in [0.4, 0.5) is 13.2 Å². The van der Waals surface area contributed by atoms with Crippen molar-refractivity contribution in [2.24, 2.45) is 5.10 Å². The number of aryl methyl sites for hydroxylation is 1. The summed E-state index contributed by atoms with van der Waals surface area (Å²) in [6, 6.07) is 14.9. The van der Waals surface area contributed by atoms with Crippen molar-refractivity contribution in [3.05, 3.63) is 65.7 Å². The summed E-state index contributed by atoms with van der Waals surface area (Å²) in [7, 11) is 0. The Balaban J connectivity index is 1.85. The van der Waals surface area contributed by atoms with Gasteiger partial charge in [-0.05, 0) is 24.1 Å². The van der Waals surface area contributed by atoms with E-state index in [0.29, 0.717) is 11.3 Å². The Bertz CT molecular complexity index is 868. The van der Waals surface area contributed by atoms with Crippen LogP contribution in [0.3, 0.4) is 0 Å². The predicted molar refractivity (Wildman–Crippen MR) is 92.1 cm³/mol. The number of nitrogens with zero attached hydrogens (tertiary/aromatic N) is 2. The average molecular weight is 378 g/mol. The molecule has 1 N–H and O–H groups in total. The van der Waals surface area contributed by atoms with Crippen LogP contribution in [0.25, 0.3) is 0 Å². The van der Waals surface area contributed by atoms with Gasteiger partial charge in [0.1, 0.15) is 5.75 Å². The summed E-state index contributed by atoms with van der Waals surface area (Å²) in [6.45, 7) is 1.06. The summed E-state index contributed by atoms with van der Waals surface area (Å²) in [5, 5.41) is 14.1. The van der Waals surface area contributed by atoms with E-state index >= 15 is 0 Å². The number of alkyl halides is 3. The molecule has 0 saturated heterocycles. The number of hydrogen-bond acceptors (Lipinski definition) is 4. The Morgan fingerprint density at radius 3 is 2.44 bits per heavy atom. The fourth-order valence-electron chi connectivity index (χ4n) is 2.74. The van der Waals surface area contributed by atoms with Crippen molar-refractivity contribution in [2.45, 2.75) is 25.2 Å². The lowest BCUT2D eigenvalue weighted by Crippen LogP contribution is -2.57. The average Bonchev–Trinajstić information content (AvgIpc) is 3.01. The Morgan fingerprint density at radius 2 is 1.81 bits per heavy atom. The molecule has 8 heteroatoms. The number of ether oxygens (including phenoxy) is 1. The smallest absolute Gasteiger partial charge is 0.438 e. The summed E-state index contributed by atoms with van der Waals surface area (Å²) < 4.78 is 45.9. The standard InChI is InChI=1S/C19H17F3N2O3/c1-13-7-5-6-10-16(13)27-12-17(25)24-18(26,19(20,21)22)11-15(23-24)14-8-3-2-4-9-14/h2-10,26H,11-12H2,1H3/t18-/m1/s1. The highest BCUT2D eigenvalue weighted by molar-refractivity contribution is 6.03. The monoisotopic (exact) mass is 378 g/mol. The van der Waals surface area contributed by atoms with Crippen LogP contribution < -0.4 is 4.74 Å². The minimum atomic E-state index is -5.08. The van der Waals surface area contributed by atoms with Crippen molar-refractivity contribution in [3.8, 4) is 5.75 Å². The van der Waals surface area contributed by atoms with Crippen LogP contribution in [-0.4, -0.2) is 40.2 Å². The number of hydrogen-bond donors (Lipinski definition) is 1. The highest BCUT2D eigenvalue weighted by Crippen LogP contribution is 2.41. The molecular formula is C19H17F3N2O3. The molecule has 5 nitrogen and oxygen atoms in total. The van der Waals surface area contributed by atoms with Gasteiger partial charge in [-0.2, -0.15) is 23.3 Å². The SMILES string of the molecule is Cc1ccccc1OCC(=O)N1N=C(c2ccccc2)C[C@@]1(O)C(F)(F)F. The molecule has 3 rings (SSSR count). The van der Waals surface area contributed by atoms with Gasteiger partial charge in [-0.1, -0.05) is 48.5 Å². The van der Waals surface area contributed by atoms with Crippen molar-refractivity contribution in [2.75, 3.05) is 6.61 Å². The quantitative estimate of drug-likeness (QED) is 0.888. The molecule has 0 aliphatic carbocycles. The van der Waals surface area contributed by atoms with Crippen LogP contribution in [0, 0.1) is 6.92 Å². The maximum absolute atomic E-state index is 13.5. The van der Waals surface area contributed by atoms with Gasteiger partial charge in [0.05, 0.1) is 12.1 Å². The van der Waals surface area contributed by atoms with E-state index in [4.69, 9.17) is 4.74 Å². The number of halogens is 3. The number of para-hydroxylation sites is 1. The van der Waals surface area contributed by atoms with Gasteiger partial charge < -0.3 is 9.84 Å². The summed E-state index contributed by atoms with van der Waals surface area (Å²) >= 11 is 0. The van der Waals surface area contributed by atoms with Crippen LogP contribution in [-0.2, 0) is 4.79 Å². The van der Waals surface area contributed by atoms with Crippen molar-refractivity contribution in [1.29, 1.82) is 0 Å². The third-order valence-electron chi connectivity index (χ3n) is 4.23. The van der Waals surface area contributed by atoms with Gasteiger partial charge in [0.2, 0.25) is 0 Å². The van der Waals surface area contributed by atoms with E-state index in [0.717, 1.165) is 5.56 Å². The first-order chi connectivity index (χ1) is 12.7. The highest BCUT2D eigenvalue weighted by atomic mass is 19.4. The first-order valence-corrected chi connectivity index (χ1v) is 8.16. The molecule has 0 unspecified atom stereocenters. The lowest BCUT2D eigenvalue weighted by molar-refractivity contribution is -0.302. The van der Waals surface area contributed by atoms with E-state index in [2.05, 4.69) is 5.10 Å². The van der Waals surface area contributed by atoms with Gasteiger partial charge in [-0.3, -0.25) is 4.79 Å².